The summed E-state index contributed by atoms with van der Waals surface area (Å²) in [5, 5.41) is 2.20. The van der Waals surface area contributed by atoms with Gasteiger partial charge in [0.05, 0.1) is 21.4 Å². The second kappa shape index (κ2) is 7.59. The fourth-order valence-electron chi connectivity index (χ4n) is 4.53. The normalized spacial score (nSPS) is 13.2. The number of thiophene rings is 1. The van der Waals surface area contributed by atoms with E-state index in [4.69, 9.17) is 6.35 Å². The number of aromatic nitrogens is 3. The maximum Gasteiger partial charge on any atom is 0.116 e. The van der Waals surface area contributed by atoms with Crippen molar-refractivity contribution in [3.05, 3.63) is 65.6 Å². The summed E-state index contributed by atoms with van der Waals surface area (Å²) in [6.45, 7) is 15.5. The zero-order valence-electron chi connectivity index (χ0n) is 21.5. The van der Waals surface area contributed by atoms with Gasteiger partial charge in [0.2, 0.25) is 0 Å². The predicted octanol–water partition coefficient (Wildman–Crippen LogP) is 8.25. The van der Waals surface area contributed by atoms with E-state index in [-0.39, 0.29) is 17.1 Å². The molecule has 0 aliphatic heterocycles. The molecule has 0 fully saturated rings. The van der Waals surface area contributed by atoms with Gasteiger partial charge >= 0.3 is 0 Å². The Hall–Kier alpha value is -2.85. The van der Waals surface area contributed by atoms with Crippen LogP contribution in [-0.4, -0.2) is 15.0 Å². The lowest BCUT2D eigenvalue weighted by Crippen LogP contribution is -2.13. The summed E-state index contributed by atoms with van der Waals surface area (Å²) in [6.07, 6.45) is 1.08. The van der Waals surface area contributed by atoms with Crippen molar-refractivity contribution in [3.63, 3.8) is 0 Å². The van der Waals surface area contributed by atoms with Gasteiger partial charge in [-0.05, 0) is 59.6 Å². The molecule has 0 amide bonds. The Labute approximate surface area is 201 Å². The van der Waals surface area contributed by atoms with Gasteiger partial charge < -0.3 is 0 Å². The number of pyridine rings is 1. The van der Waals surface area contributed by atoms with Crippen molar-refractivity contribution < 1.29 is 1.37 Å². The highest BCUT2D eigenvalue weighted by Crippen LogP contribution is 2.40. The summed E-state index contributed by atoms with van der Waals surface area (Å²) in [5.74, 6) is 0. The van der Waals surface area contributed by atoms with E-state index in [1.807, 2.05) is 6.92 Å². The molecule has 4 heteroatoms. The zero-order valence-corrected chi connectivity index (χ0v) is 21.3. The van der Waals surface area contributed by atoms with Crippen LogP contribution in [0.2, 0.25) is 0 Å². The average Bonchev–Trinajstić information content (AvgIpc) is 3.08. The molecular formula is C29H31N3S. The maximum atomic E-state index is 8.38. The molecule has 0 spiro atoms. The van der Waals surface area contributed by atoms with Gasteiger partial charge in [-0.1, -0.05) is 59.7 Å². The second-order valence-corrected chi connectivity index (χ2v) is 12.4. The number of fused-ring (bicyclic) bond motifs is 4. The smallest absolute Gasteiger partial charge is 0.116 e. The van der Waals surface area contributed by atoms with Gasteiger partial charge in [-0.2, -0.15) is 0 Å². The molecule has 3 heterocycles. The molecule has 0 atom stereocenters. The number of aryl methyl sites for hydroxylation is 1. The monoisotopic (exact) mass is 454 g/mol. The summed E-state index contributed by atoms with van der Waals surface area (Å²) in [6, 6.07) is 15.2. The molecule has 0 radical (unpaired) electrons. The van der Waals surface area contributed by atoms with Crippen molar-refractivity contribution in [2.75, 3.05) is 0 Å². The highest BCUT2D eigenvalue weighted by atomic mass is 32.1. The Bertz CT molecular complexity index is 1570. The van der Waals surface area contributed by atoms with Crippen molar-refractivity contribution in [1.82, 2.24) is 15.0 Å². The molecule has 0 unspecified atom stereocenters. The topological polar surface area (TPSA) is 38.7 Å². The molecule has 0 saturated heterocycles. The van der Waals surface area contributed by atoms with Crippen LogP contribution < -0.4 is 0 Å². The highest BCUT2D eigenvalue weighted by Gasteiger charge is 2.22. The van der Waals surface area contributed by atoms with Gasteiger partial charge in [-0.15, -0.1) is 11.3 Å². The minimum absolute atomic E-state index is 0.0559. The van der Waals surface area contributed by atoms with E-state index in [1.54, 1.807) is 11.3 Å². The number of rotatable bonds is 2. The largest absolute Gasteiger partial charge is 0.253 e. The lowest BCUT2D eigenvalue weighted by molar-refractivity contribution is 0.411. The quantitative estimate of drug-likeness (QED) is 0.269. The molecule has 0 bridgehead atoms. The number of nitrogens with zero attached hydrogens (tertiary/aromatic N) is 3. The molecule has 0 aliphatic carbocycles. The standard InChI is InChI=1S/C29H31N3S/c1-17-8-10-19-13-20(14-22(24(19)32-17)29(5,6)7)25-27-26(31-16-30-25)21-11-9-18(12-23(21)33-27)15-28(2,3)4/h8-14,16H,15H2,1-7H3/i16D. The van der Waals surface area contributed by atoms with E-state index in [9.17, 15) is 0 Å². The van der Waals surface area contributed by atoms with Crippen molar-refractivity contribution in [2.24, 2.45) is 5.41 Å². The van der Waals surface area contributed by atoms with Crippen LogP contribution in [-0.2, 0) is 11.8 Å². The first-order valence-corrected chi connectivity index (χ1v) is 12.3. The average molecular weight is 455 g/mol. The molecule has 0 saturated carbocycles. The van der Waals surface area contributed by atoms with E-state index in [0.717, 1.165) is 49.9 Å². The summed E-state index contributed by atoms with van der Waals surface area (Å²) in [5.41, 5.74) is 7.45. The van der Waals surface area contributed by atoms with E-state index in [2.05, 4.69) is 94.0 Å². The molecule has 0 aliphatic rings. The second-order valence-electron chi connectivity index (χ2n) is 11.3. The fourth-order valence-corrected chi connectivity index (χ4v) is 5.75. The molecule has 168 valence electrons. The first kappa shape index (κ1) is 20.7. The van der Waals surface area contributed by atoms with Crippen LogP contribution in [0.15, 0.2) is 48.8 Å². The minimum Gasteiger partial charge on any atom is -0.253 e. The maximum absolute atomic E-state index is 8.38. The molecule has 5 rings (SSSR count). The molecule has 3 nitrogen and oxygen atoms in total. The lowest BCUT2D eigenvalue weighted by atomic mass is 9.84. The van der Waals surface area contributed by atoms with Crippen molar-refractivity contribution in [1.29, 1.82) is 0 Å². The number of hydrogen-bond donors (Lipinski definition) is 0. The third-order valence-corrected chi connectivity index (χ3v) is 7.16. The van der Waals surface area contributed by atoms with E-state index >= 15 is 0 Å². The Morgan fingerprint density at radius 2 is 1.70 bits per heavy atom. The van der Waals surface area contributed by atoms with Crippen LogP contribution in [0.3, 0.4) is 0 Å². The third-order valence-electron chi connectivity index (χ3n) is 6.01. The van der Waals surface area contributed by atoms with Crippen LogP contribution in [0.1, 0.15) is 59.7 Å². The van der Waals surface area contributed by atoms with Crippen molar-refractivity contribution >= 4 is 42.5 Å². The van der Waals surface area contributed by atoms with Crippen LogP contribution in [0.25, 0.3) is 42.5 Å². The van der Waals surface area contributed by atoms with Crippen LogP contribution >= 0.6 is 11.3 Å². The first-order chi connectivity index (χ1) is 15.9. The first-order valence-electron chi connectivity index (χ1n) is 12.0. The molecule has 2 aromatic carbocycles. The summed E-state index contributed by atoms with van der Waals surface area (Å²) in [4.78, 5) is 14.1. The van der Waals surface area contributed by atoms with Gasteiger partial charge in [0.25, 0.3) is 0 Å². The summed E-state index contributed by atoms with van der Waals surface area (Å²) in [7, 11) is 0. The Balaban J connectivity index is 1.78. The summed E-state index contributed by atoms with van der Waals surface area (Å²) >= 11 is 1.73. The number of benzene rings is 2. The van der Waals surface area contributed by atoms with Gasteiger partial charge in [0, 0.05) is 26.7 Å². The lowest BCUT2D eigenvalue weighted by Gasteiger charge is -2.22. The van der Waals surface area contributed by atoms with E-state index < -0.39 is 0 Å². The van der Waals surface area contributed by atoms with Gasteiger partial charge in [0.1, 0.15) is 7.67 Å². The summed E-state index contributed by atoms with van der Waals surface area (Å²) < 4.78 is 10.6. The highest BCUT2D eigenvalue weighted by molar-refractivity contribution is 7.26. The number of hydrogen-bond acceptors (Lipinski definition) is 4. The van der Waals surface area contributed by atoms with Crippen LogP contribution in [0.4, 0.5) is 0 Å². The van der Waals surface area contributed by atoms with E-state index in [1.165, 1.54) is 15.8 Å². The van der Waals surface area contributed by atoms with Crippen LogP contribution in [0, 0.1) is 12.3 Å². The van der Waals surface area contributed by atoms with Crippen molar-refractivity contribution in [2.45, 2.75) is 60.3 Å². The predicted molar refractivity (Wildman–Crippen MR) is 142 cm³/mol. The minimum atomic E-state index is -0.0764. The Kier molecular flexibility index (Phi) is 4.77. The van der Waals surface area contributed by atoms with Crippen LogP contribution in [0.5, 0.6) is 0 Å². The SMILES string of the molecule is [2H]c1nc(-c2cc(C(C)(C)C)c3nc(C)ccc3c2)c2sc3cc(CC(C)(C)C)ccc3c2n1. The zero-order chi connectivity index (χ0) is 24.4. The molecule has 0 N–H and O–H groups in total. The van der Waals surface area contributed by atoms with E-state index in [0.29, 0.717) is 0 Å². The molecular weight excluding hydrogens is 422 g/mol. The molecule has 5 aromatic rings. The van der Waals surface area contributed by atoms with Gasteiger partial charge in [-0.3, -0.25) is 4.98 Å². The van der Waals surface area contributed by atoms with Gasteiger partial charge in [0.15, 0.2) is 0 Å². The van der Waals surface area contributed by atoms with Crippen molar-refractivity contribution in [3.8, 4) is 11.3 Å². The Morgan fingerprint density at radius 1 is 0.909 bits per heavy atom. The fraction of sp³-hybridized carbons (Fsp3) is 0.345. The van der Waals surface area contributed by atoms with Gasteiger partial charge in [-0.25, -0.2) is 9.97 Å². The molecule has 3 aromatic heterocycles. The molecule has 33 heavy (non-hydrogen) atoms. The third kappa shape index (κ3) is 4.13. The Morgan fingerprint density at radius 3 is 2.42 bits per heavy atom.